The summed E-state index contributed by atoms with van der Waals surface area (Å²) in [5.41, 5.74) is 3.43. The lowest BCUT2D eigenvalue weighted by Gasteiger charge is -2.13. The Labute approximate surface area is 174 Å². The zero-order valence-electron chi connectivity index (χ0n) is 16.4. The number of aromatic nitrogens is 3. The number of aryl methyl sites for hydroxylation is 2. The molecule has 2 heterocycles. The zero-order valence-corrected chi connectivity index (χ0v) is 18.0. The van der Waals surface area contributed by atoms with E-state index in [0.717, 1.165) is 41.3 Å². The van der Waals surface area contributed by atoms with Gasteiger partial charge in [0.2, 0.25) is 0 Å². The highest BCUT2D eigenvalue weighted by molar-refractivity contribution is 7.09. The molecule has 0 spiro atoms. The van der Waals surface area contributed by atoms with Gasteiger partial charge in [0.25, 0.3) is 5.91 Å². The van der Waals surface area contributed by atoms with E-state index in [1.165, 1.54) is 0 Å². The van der Waals surface area contributed by atoms with Crippen molar-refractivity contribution in [3.8, 4) is 5.69 Å². The fraction of sp³-hybridized carbons (Fsp3) is 0.381. The summed E-state index contributed by atoms with van der Waals surface area (Å²) < 4.78 is 1.80. The molecule has 0 atom stereocenters. The lowest BCUT2D eigenvalue weighted by Crippen LogP contribution is -2.25. The molecule has 0 saturated heterocycles. The third-order valence-electron chi connectivity index (χ3n) is 4.42. The van der Waals surface area contributed by atoms with Gasteiger partial charge < -0.3 is 5.32 Å². The fourth-order valence-corrected chi connectivity index (χ4v) is 4.12. The third kappa shape index (κ3) is 5.00. The molecule has 0 saturated carbocycles. The molecule has 3 aromatic rings. The Morgan fingerprint density at radius 2 is 2.14 bits per heavy atom. The summed E-state index contributed by atoms with van der Waals surface area (Å²) in [6, 6.07) is 7.49. The number of carbonyl (C=O) groups excluding carboxylic acids is 1. The van der Waals surface area contributed by atoms with Gasteiger partial charge >= 0.3 is 0 Å². The second-order valence-electron chi connectivity index (χ2n) is 7.09. The van der Waals surface area contributed by atoms with E-state index in [1.807, 2.05) is 31.2 Å². The van der Waals surface area contributed by atoms with Gasteiger partial charge in [0.15, 0.2) is 0 Å². The predicted octanol–water partition coefficient (Wildman–Crippen LogP) is 5.17. The van der Waals surface area contributed by atoms with Crippen LogP contribution < -0.4 is 5.32 Å². The van der Waals surface area contributed by atoms with Crippen molar-refractivity contribution in [3.63, 3.8) is 0 Å². The summed E-state index contributed by atoms with van der Waals surface area (Å²) in [5.74, 6) is 0.0671. The van der Waals surface area contributed by atoms with Crippen LogP contribution in [0.4, 0.5) is 0 Å². The van der Waals surface area contributed by atoms with E-state index < -0.39 is 0 Å². The molecular weight excluding hydrogens is 392 g/mol. The summed E-state index contributed by atoms with van der Waals surface area (Å²) in [4.78, 5) is 17.2. The second kappa shape index (κ2) is 9.34. The highest BCUT2D eigenvalue weighted by atomic mass is 35.5. The molecular formula is C21H25ClN4OS. The van der Waals surface area contributed by atoms with E-state index in [2.05, 4.69) is 34.6 Å². The normalized spacial score (nSPS) is 11.2. The summed E-state index contributed by atoms with van der Waals surface area (Å²) >= 11 is 7.81. The molecule has 0 unspecified atom stereocenters. The van der Waals surface area contributed by atoms with Crippen LogP contribution in [-0.4, -0.2) is 27.2 Å². The smallest absolute Gasteiger partial charge is 0.254 e. The van der Waals surface area contributed by atoms with Crippen LogP contribution in [0.15, 0.2) is 35.8 Å². The van der Waals surface area contributed by atoms with Crippen LogP contribution in [0, 0.1) is 6.92 Å². The first-order valence-electron chi connectivity index (χ1n) is 9.48. The van der Waals surface area contributed by atoms with Crippen LogP contribution >= 0.6 is 22.9 Å². The highest BCUT2D eigenvalue weighted by Crippen LogP contribution is 2.24. The first kappa shape index (κ1) is 20.6. The van der Waals surface area contributed by atoms with Gasteiger partial charge in [-0.2, -0.15) is 5.10 Å². The van der Waals surface area contributed by atoms with E-state index in [4.69, 9.17) is 11.6 Å². The minimum atomic E-state index is -0.0814. The van der Waals surface area contributed by atoms with E-state index >= 15 is 0 Å². The number of benzene rings is 1. The van der Waals surface area contributed by atoms with Crippen molar-refractivity contribution >= 4 is 28.8 Å². The van der Waals surface area contributed by atoms with Crippen molar-refractivity contribution in [3.05, 3.63) is 62.8 Å². The van der Waals surface area contributed by atoms with Crippen molar-refractivity contribution in [1.82, 2.24) is 20.1 Å². The maximum absolute atomic E-state index is 12.7. The van der Waals surface area contributed by atoms with Crippen molar-refractivity contribution in [1.29, 1.82) is 0 Å². The van der Waals surface area contributed by atoms with Crippen LogP contribution in [-0.2, 0) is 6.42 Å². The monoisotopic (exact) mass is 416 g/mol. The van der Waals surface area contributed by atoms with Gasteiger partial charge in [0.05, 0.1) is 28.1 Å². The lowest BCUT2D eigenvalue weighted by molar-refractivity contribution is 0.0951. The van der Waals surface area contributed by atoms with Gasteiger partial charge in [-0.1, -0.05) is 31.5 Å². The Bertz CT molecular complexity index is 948. The molecule has 7 heteroatoms. The van der Waals surface area contributed by atoms with Gasteiger partial charge in [0.1, 0.15) is 0 Å². The number of thiazole rings is 1. The Morgan fingerprint density at radius 1 is 1.32 bits per heavy atom. The molecule has 0 aliphatic carbocycles. The SMILES string of the molecule is Cc1csc(CCCCNC(=O)c2cnn(-c3cccc(Cl)c3)c2C(C)C)n1. The Kier molecular flexibility index (Phi) is 6.86. The van der Waals surface area contributed by atoms with E-state index in [1.54, 1.807) is 22.2 Å². The lowest BCUT2D eigenvalue weighted by atomic mass is 10.0. The number of hydrogen-bond acceptors (Lipinski definition) is 4. The van der Waals surface area contributed by atoms with Crippen molar-refractivity contribution in [2.24, 2.45) is 0 Å². The molecule has 1 amide bonds. The average Bonchev–Trinajstić information content (AvgIpc) is 3.27. The first-order chi connectivity index (χ1) is 13.5. The summed E-state index contributed by atoms with van der Waals surface area (Å²) in [5, 5.41) is 11.3. The van der Waals surface area contributed by atoms with Crippen molar-refractivity contribution in [2.45, 2.75) is 46.0 Å². The van der Waals surface area contributed by atoms with Crippen LogP contribution in [0.2, 0.25) is 5.02 Å². The number of hydrogen-bond donors (Lipinski definition) is 1. The zero-order chi connectivity index (χ0) is 20.1. The maximum atomic E-state index is 12.7. The number of carbonyl (C=O) groups is 1. The molecule has 1 aromatic carbocycles. The minimum absolute atomic E-state index is 0.0814. The van der Waals surface area contributed by atoms with E-state index in [0.29, 0.717) is 17.1 Å². The fourth-order valence-electron chi connectivity index (χ4n) is 3.12. The number of nitrogens with zero attached hydrogens (tertiary/aromatic N) is 3. The number of nitrogens with one attached hydrogen (secondary N) is 1. The molecule has 148 valence electrons. The highest BCUT2D eigenvalue weighted by Gasteiger charge is 2.20. The average molecular weight is 417 g/mol. The molecule has 2 aromatic heterocycles. The topological polar surface area (TPSA) is 59.8 Å². The molecule has 0 aliphatic heterocycles. The molecule has 1 N–H and O–H groups in total. The molecule has 0 bridgehead atoms. The Balaban J connectivity index is 1.61. The molecule has 3 rings (SSSR count). The van der Waals surface area contributed by atoms with Crippen molar-refractivity contribution in [2.75, 3.05) is 6.54 Å². The maximum Gasteiger partial charge on any atom is 0.254 e. The van der Waals surface area contributed by atoms with E-state index in [-0.39, 0.29) is 11.8 Å². The van der Waals surface area contributed by atoms with Crippen molar-refractivity contribution < 1.29 is 4.79 Å². The standard InChI is InChI=1S/C21H25ClN4OS/c1-14(2)20-18(12-24-26(20)17-8-6-7-16(22)11-17)21(27)23-10-5-4-9-19-25-15(3)13-28-19/h6-8,11-14H,4-5,9-10H2,1-3H3,(H,23,27). The van der Waals surface area contributed by atoms with Crippen LogP contribution in [0.1, 0.15) is 59.4 Å². The van der Waals surface area contributed by atoms with Crippen LogP contribution in [0.25, 0.3) is 5.69 Å². The summed E-state index contributed by atoms with van der Waals surface area (Å²) in [6.07, 6.45) is 4.53. The van der Waals surface area contributed by atoms with Gasteiger partial charge in [-0.05, 0) is 50.3 Å². The van der Waals surface area contributed by atoms with E-state index in [9.17, 15) is 4.79 Å². The van der Waals surface area contributed by atoms with Gasteiger partial charge in [-0.25, -0.2) is 9.67 Å². The molecule has 28 heavy (non-hydrogen) atoms. The minimum Gasteiger partial charge on any atom is -0.352 e. The Morgan fingerprint density at radius 3 is 2.82 bits per heavy atom. The van der Waals surface area contributed by atoms with Gasteiger partial charge in [-0.15, -0.1) is 11.3 Å². The number of rotatable bonds is 8. The largest absolute Gasteiger partial charge is 0.352 e. The first-order valence-corrected chi connectivity index (χ1v) is 10.7. The predicted molar refractivity (Wildman–Crippen MR) is 115 cm³/mol. The molecule has 5 nitrogen and oxygen atoms in total. The summed E-state index contributed by atoms with van der Waals surface area (Å²) in [6.45, 7) is 6.77. The second-order valence-corrected chi connectivity index (χ2v) is 8.46. The third-order valence-corrected chi connectivity index (χ3v) is 5.68. The Hall–Kier alpha value is -2.18. The molecule has 0 aliphatic rings. The van der Waals surface area contributed by atoms with Crippen LogP contribution in [0.3, 0.4) is 0 Å². The quantitative estimate of drug-likeness (QED) is 0.515. The van der Waals surface area contributed by atoms with Crippen LogP contribution in [0.5, 0.6) is 0 Å². The molecule has 0 radical (unpaired) electrons. The number of halogens is 1. The molecule has 0 fully saturated rings. The van der Waals surface area contributed by atoms with Gasteiger partial charge in [0, 0.05) is 22.6 Å². The number of unbranched alkanes of at least 4 members (excludes halogenated alkanes) is 1. The number of amides is 1. The summed E-state index contributed by atoms with van der Waals surface area (Å²) in [7, 11) is 0. The van der Waals surface area contributed by atoms with Gasteiger partial charge in [-0.3, -0.25) is 4.79 Å².